The average molecular weight is 273 g/mol. The second-order valence-corrected chi connectivity index (χ2v) is 6.78. The summed E-state index contributed by atoms with van der Waals surface area (Å²) in [6.07, 6.45) is 5.06. The maximum atomic E-state index is 12.0. The molecule has 1 aromatic rings. The molecule has 5 nitrogen and oxygen atoms in total. The zero-order chi connectivity index (χ0) is 13.8. The third-order valence-electron chi connectivity index (χ3n) is 2.88. The molecule has 0 saturated carbocycles. The van der Waals surface area contributed by atoms with Gasteiger partial charge in [-0.15, -0.1) is 0 Å². The Kier molecular flexibility index (Phi) is 5.34. The van der Waals surface area contributed by atoms with Crippen LogP contribution in [0.15, 0.2) is 12.4 Å². The quantitative estimate of drug-likeness (QED) is 0.824. The molecule has 0 aliphatic carbocycles. The summed E-state index contributed by atoms with van der Waals surface area (Å²) in [4.78, 5) is 4.24. The molecule has 0 amide bonds. The van der Waals surface area contributed by atoms with Gasteiger partial charge >= 0.3 is 0 Å². The number of nitrogens with one attached hydrogen (secondary N) is 1. The molecular weight excluding hydrogens is 250 g/mol. The molecule has 0 aliphatic rings. The van der Waals surface area contributed by atoms with Crippen molar-refractivity contribution in [2.24, 2.45) is 13.0 Å². The first-order valence-corrected chi connectivity index (χ1v) is 8.00. The minimum absolute atomic E-state index is 0.155. The van der Waals surface area contributed by atoms with Crippen LogP contribution in [0.1, 0.15) is 45.5 Å². The fraction of sp³-hybridized carbons (Fsp3) is 0.750. The summed E-state index contributed by atoms with van der Waals surface area (Å²) in [5.41, 5.74) is 0. The lowest BCUT2D eigenvalue weighted by Gasteiger charge is -2.21. The molecule has 1 rings (SSSR count). The number of hydrogen-bond donors (Lipinski definition) is 1. The molecule has 0 unspecified atom stereocenters. The summed E-state index contributed by atoms with van der Waals surface area (Å²) in [7, 11) is -1.36. The van der Waals surface area contributed by atoms with Gasteiger partial charge < -0.3 is 4.57 Å². The highest BCUT2D eigenvalue weighted by atomic mass is 32.2. The van der Waals surface area contributed by atoms with E-state index in [2.05, 4.69) is 9.71 Å². The number of nitrogens with zero attached hydrogens (tertiary/aromatic N) is 2. The van der Waals surface area contributed by atoms with Crippen LogP contribution in [-0.2, 0) is 17.1 Å². The predicted molar refractivity (Wildman–Crippen MR) is 72.6 cm³/mol. The van der Waals surface area contributed by atoms with Crippen molar-refractivity contribution in [1.29, 1.82) is 0 Å². The van der Waals surface area contributed by atoms with E-state index in [9.17, 15) is 8.42 Å². The zero-order valence-electron chi connectivity index (χ0n) is 11.5. The number of rotatable bonds is 7. The Morgan fingerprint density at radius 2 is 2.11 bits per heavy atom. The van der Waals surface area contributed by atoms with Crippen LogP contribution in [0.3, 0.4) is 0 Å². The van der Waals surface area contributed by atoms with Crippen molar-refractivity contribution in [3.05, 3.63) is 18.2 Å². The van der Waals surface area contributed by atoms with Crippen molar-refractivity contribution in [2.45, 2.75) is 39.7 Å². The van der Waals surface area contributed by atoms with E-state index in [1.165, 1.54) is 0 Å². The Labute approximate surface area is 110 Å². The number of aryl methyl sites for hydroxylation is 1. The van der Waals surface area contributed by atoms with E-state index in [4.69, 9.17) is 0 Å². The largest absolute Gasteiger partial charge is 0.337 e. The Bertz CT molecular complexity index is 465. The molecule has 0 saturated heterocycles. The predicted octanol–water partition coefficient (Wildman–Crippen LogP) is 1.84. The molecule has 0 spiro atoms. The third-order valence-corrected chi connectivity index (χ3v) is 4.32. The van der Waals surface area contributed by atoms with Gasteiger partial charge in [-0.2, -0.15) is 0 Å². The van der Waals surface area contributed by atoms with Crippen molar-refractivity contribution in [1.82, 2.24) is 14.3 Å². The number of sulfonamides is 1. The van der Waals surface area contributed by atoms with Gasteiger partial charge in [-0.3, -0.25) is 0 Å². The molecule has 104 valence electrons. The molecule has 18 heavy (non-hydrogen) atoms. The van der Waals surface area contributed by atoms with Gasteiger partial charge in [0, 0.05) is 19.4 Å². The molecule has 1 atom stereocenters. The summed E-state index contributed by atoms with van der Waals surface area (Å²) in [6.45, 7) is 5.96. The monoisotopic (exact) mass is 273 g/mol. The maximum Gasteiger partial charge on any atom is 0.212 e. The normalized spacial score (nSPS) is 14.1. The first kappa shape index (κ1) is 15.2. The Morgan fingerprint density at radius 3 is 2.56 bits per heavy atom. The van der Waals surface area contributed by atoms with Gasteiger partial charge in [0.2, 0.25) is 10.0 Å². The molecule has 0 fully saturated rings. The molecule has 1 N–H and O–H groups in total. The first-order chi connectivity index (χ1) is 8.37. The van der Waals surface area contributed by atoms with E-state index in [0.717, 1.165) is 12.2 Å². The standard InChI is InChI=1S/C12H23N3O2S/c1-5-6-9-18(16,17)14-11(10(2)3)12-13-7-8-15(12)4/h7-8,10-11,14H,5-6,9H2,1-4H3/t11-/m1/s1. The highest BCUT2D eigenvalue weighted by molar-refractivity contribution is 7.89. The molecule has 1 heterocycles. The molecule has 1 aromatic heterocycles. The number of imidazole rings is 1. The second-order valence-electron chi connectivity index (χ2n) is 4.91. The van der Waals surface area contributed by atoms with Gasteiger partial charge in [0.15, 0.2) is 0 Å². The molecule has 0 aromatic carbocycles. The molecule has 0 aliphatic heterocycles. The van der Waals surface area contributed by atoms with Gasteiger partial charge in [0.25, 0.3) is 0 Å². The topological polar surface area (TPSA) is 64.0 Å². The lowest BCUT2D eigenvalue weighted by atomic mass is 10.1. The van der Waals surface area contributed by atoms with Crippen molar-refractivity contribution < 1.29 is 8.42 Å². The highest BCUT2D eigenvalue weighted by Gasteiger charge is 2.24. The Balaban J connectivity index is 2.86. The summed E-state index contributed by atoms with van der Waals surface area (Å²) < 4.78 is 28.5. The summed E-state index contributed by atoms with van der Waals surface area (Å²) >= 11 is 0. The van der Waals surface area contributed by atoms with Crippen molar-refractivity contribution >= 4 is 10.0 Å². The van der Waals surface area contributed by atoms with E-state index in [1.54, 1.807) is 6.20 Å². The van der Waals surface area contributed by atoms with Gasteiger partial charge in [-0.05, 0) is 12.3 Å². The van der Waals surface area contributed by atoms with E-state index in [-0.39, 0.29) is 17.7 Å². The fourth-order valence-corrected chi connectivity index (χ4v) is 3.30. The van der Waals surface area contributed by atoms with Crippen LogP contribution in [-0.4, -0.2) is 23.7 Å². The number of unbranched alkanes of at least 4 members (excludes halogenated alkanes) is 1. The second kappa shape index (κ2) is 6.33. The molecule has 0 radical (unpaired) electrons. The van der Waals surface area contributed by atoms with Crippen LogP contribution >= 0.6 is 0 Å². The van der Waals surface area contributed by atoms with Crippen LogP contribution in [0, 0.1) is 5.92 Å². The average Bonchev–Trinajstić information content (AvgIpc) is 2.69. The number of aromatic nitrogens is 2. The minimum atomic E-state index is -3.23. The van der Waals surface area contributed by atoms with Gasteiger partial charge in [0.1, 0.15) is 5.82 Å². The van der Waals surface area contributed by atoms with E-state index >= 15 is 0 Å². The molecular formula is C12H23N3O2S. The van der Waals surface area contributed by atoms with E-state index < -0.39 is 10.0 Å². The fourth-order valence-electron chi connectivity index (χ4n) is 1.75. The van der Waals surface area contributed by atoms with E-state index in [0.29, 0.717) is 6.42 Å². The maximum absolute atomic E-state index is 12.0. The van der Waals surface area contributed by atoms with Crippen molar-refractivity contribution in [2.75, 3.05) is 5.75 Å². The summed E-state index contributed by atoms with van der Waals surface area (Å²) in [5.74, 6) is 1.09. The van der Waals surface area contributed by atoms with Crippen LogP contribution < -0.4 is 4.72 Å². The lowest BCUT2D eigenvalue weighted by Crippen LogP contribution is -2.35. The SMILES string of the molecule is CCCCS(=O)(=O)N[C@@H](c1nccn1C)C(C)C. The third kappa shape index (κ3) is 4.10. The smallest absolute Gasteiger partial charge is 0.212 e. The molecule has 0 bridgehead atoms. The van der Waals surface area contributed by atoms with Gasteiger partial charge in [-0.25, -0.2) is 18.1 Å². The zero-order valence-corrected chi connectivity index (χ0v) is 12.4. The Hall–Kier alpha value is -0.880. The Morgan fingerprint density at radius 1 is 1.44 bits per heavy atom. The lowest BCUT2D eigenvalue weighted by molar-refractivity contribution is 0.434. The van der Waals surface area contributed by atoms with Gasteiger partial charge in [0.05, 0.1) is 11.8 Å². The number of hydrogen-bond acceptors (Lipinski definition) is 3. The highest BCUT2D eigenvalue weighted by Crippen LogP contribution is 2.20. The minimum Gasteiger partial charge on any atom is -0.337 e. The first-order valence-electron chi connectivity index (χ1n) is 6.34. The van der Waals surface area contributed by atoms with Crippen LogP contribution in [0.4, 0.5) is 0 Å². The van der Waals surface area contributed by atoms with Crippen molar-refractivity contribution in [3.8, 4) is 0 Å². The van der Waals surface area contributed by atoms with Crippen LogP contribution in [0.5, 0.6) is 0 Å². The van der Waals surface area contributed by atoms with Gasteiger partial charge in [-0.1, -0.05) is 27.2 Å². The van der Waals surface area contributed by atoms with Crippen LogP contribution in [0.25, 0.3) is 0 Å². The van der Waals surface area contributed by atoms with E-state index in [1.807, 2.05) is 38.6 Å². The van der Waals surface area contributed by atoms with Crippen molar-refractivity contribution in [3.63, 3.8) is 0 Å². The molecule has 6 heteroatoms. The summed E-state index contributed by atoms with van der Waals surface area (Å²) in [6, 6.07) is -0.271. The summed E-state index contributed by atoms with van der Waals surface area (Å²) in [5, 5.41) is 0. The van der Waals surface area contributed by atoms with Crippen LogP contribution in [0.2, 0.25) is 0 Å².